The Bertz CT molecular complexity index is 323. The van der Waals surface area contributed by atoms with Crippen LogP contribution < -0.4 is 9.92 Å². The lowest BCUT2D eigenvalue weighted by Crippen LogP contribution is -2.11. The smallest absolute Gasteiger partial charge is 0.120 e. The summed E-state index contributed by atoms with van der Waals surface area (Å²) in [6.07, 6.45) is 0. The molecule has 0 bridgehead atoms. The van der Waals surface area contributed by atoms with Crippen molar-refractivity contribution in [3.05, 3.63) is 22.8 Å². The standard InChI is InChI=1S/C10H15ClOSi/c1-6-7(2)10(12-3)9(13)4-8(6)5-11/h4H,5H2,1-3,13H3. The van der Waals surface area contributed by atoms with Gasteiger partial charge in [0.05, 0.1) is 7.11 Å². The molecule has 0 aromatic heterocycles. The Kier molecular flexibility index (Phi) is 3.39. The van der Waals surface area contributed by atoms with Gasteiger partial charge in [-0.3, -0.25) is 0 Å². The Morgan fingerprint density at radius 1 is 1.38 bits per heavy atom. The highest BCUT2D eigenvalue weighted by molar-refractivity contribution is 6.34. The maximum atomic E-state index is 5.85. The fourth-order valence-electron chi connectivity index (χ4n) is 1.59. The van der Waals surface area contributed by atoms with E-state index in [1.807, 2.05) is 0 Å². The van der Waals surface area contributed by atoms with Gasteiger partial charge >= 0.3 is 0 Å². The summed E-state index contributed by atoms with van der Waals surface area (Å²) in [5, 5.41) is 1.29. The molecule has 0 N–H and O–H groups in total. The van der Waals surface area contributed by atoms with Crippen LogP contribution in [0.3, 0.4) is 0 Å². The number of hydrogen-bond acceptors (Lipinski definition) is 1. The van der Waals surface area contributed by atoms with Gasteiger partial charge in [-0.2, -0.15) is 0 Å². The summed E-state index contributed by atoms with van der Waals surface area (Å²) in [5.74, 6) is 1.63. The van der Waals surface area contributed by atoms with Gasteiger partial charge in [0.2, 0.25) is 0 Å². The van der Waals surface area contributed by atoms with Crippen molar-refractivity contribution in [1.82, 2.24) is 0 Å². The molecule has 0 aliphatic heterocycles. The van der Waals surface area contributed by atoms with Gasteiger partial charge in [-0.1, -0.05) is 6.07 Å². The second-order valence-electron chi connectivity index (χ2n) is 3.27. The van der Waals surface area contributed by atoms with Crippen LogP contribution in [0.2, 0.25) is 0 Å². The molecule has 0 saturated heterocycles. The van der Waals surface area contributed by atoms with Gasteiger partial charge in [0.15, 0.2) is 0 Å². The molecule has 0 aliphatic carbocycles. The lowest BCUT2D eigenvalue weighted by Gasteiger charge is -2.14. The van der Waals surface area contributed by atoms with Crippen molar-refractivity contribution in [1.29, 1.82) is 0 Å². The third kappa shape index (κ3) is 1.89. The highest BCUT2D eigenvalue weighted by Crippen LogP contribution is 2.22. The highest BCUT2D eigenvalue weighted by Gasteiger charge is 2.08. The van der Waals surface area contributed by atoms with Gasteiger partial charge in [-0.05, 0) is 35.7 Å². The summed E-state index contributed by atoms with van der Waals surface area (Å²) >= 11 is 5.85. The van der Waals surface area contributed by atoms with Crippen molar-refractivity contribution in [2.24, 2.45) is 0 Å². The van der Waals surface area contributed by atoms with E-state index in [0.717, 1.165) is 16.0 Å². The third-order valence-corrected chi connectivity index (χ3v) is 3.51. The number of methoxy groups -OCH3 is 1. The molecule has 1 aromatic carbocycles. The Labute approximate surface area is 87.5 Å². The SMILES string of the molecule is COc1c([SiH3])cc(CCl)c(C)c1C. The Morgan fingerprint density at radius 3 is 2.46 bits per heavy atom. The number of hydrogen-bond donors (Lipinski definition) is 0. The van der Waals surface area contributed by atoms with Crippen molar-refractivity contribution in [3.8, 4) is 5.75 Å². The Morgan fingerprint density at radius 2 is 2.00 bits per heavy atom. The van der Waals surface area contributed by atoms with E-state index in [-0.39, 0.29) is 0 Å². The minimum absolute atomic E-state index is 0.589. The molecule has 13 heavy (non-hydrogen) atoms. The molecule has 1 rings (SSSR count). The summed E-state index contributed by atoms with van der Waals surface area (Å²) in [4.78, 5) is 0. The topological polar surface area (TPSA) is 9.23 Å². The minimum atomic E-state index is 0.589. The van der Waals surface area contributed by atoms with Crippen molar-refractivity contribution >= 4 is 27.0 Å². The average Bonchev–Trinajstić information content (AvgIpc) is 2.12. The van der Waals surface area contributed by atoms with Crippen LogP contribution in [0, 0.1) is 13.8 Å². The first-order valence-corrected chi connectivity index (χ1v) is 5.85. The highest BCUT2D eigenvalue weighted by atomic mass is 35.5. The number of rotatable bonds is 2. The van der Waals surface area contributed by atoms with Crippen molar-refractivity contribution in [2.75, 3.05) is 7.11 Å². The van der Waals surface area contributed by atoms with Crippen LogP contribution in [0.25, 0.3) is 0 Å². The van der Waals surface area contributed by atoms with Crippen LogP contribution in [0.4, 0.5) is 0 Å². The van der Waals surface area contributed by atoms with E-state index in [2.05, 4.69) is 19.9 Å². The van der Waals surface area contributed by atoms with Crippen molar-refractivity contribution < 1.29 is 4.74 Å². The fraction of sp³-hybridized carbons (Fsp3) is 0.400. The van der Waals surface area contributed by atoms with E-state index in [9.17, 15) is 0 Å². The van der Waals surface area contributed by atoms with Crippen LogP contribution in [0.15, 0.2) is 6.07 Å². The molecule has 0 saturated carbocycles. The van der Waals surface area contributed by atoms with Crippen LogP contribution >= 0.6 is 11.6 Å². The number of benzene rings is 1. The lowest BCUT2D eigenvalue weighted by atomic mass is 10.0. The molecule has 0 fully saturated rings. The zero-order valence-electron chi connectivity index (χ0n) is 8.57. The van der Waals surface area contributed by atoms with Crippen molar-refractivity contribution in [3.63, 3.8) is 0 Å². The molecule has 0 amide bonds. The zero-order chi connectivity index (χ0) is 10.0. The first-order valence-electron chi connectivity index (χ1n) is 4.31. The molecule has 3 heteroatoms. The predicted octanol–water partition coefficient (Wildman–Crippen LogP) is 1.04. The number of halogens is 1. The maximum Gasteiger partial charge on any atom is 0.120 e. The maximum absolute atomic E-state index is 5.85. The molecule has 0 atom stereocenters. The molecule has 0 radical (unpaired) electrons. The lowest BCUT2D eigenvalue weighted by molar-refractivity contribution is 0.414. The largest absolute Gasteiger partial charge is 0.497 e. The first-order chi connectivity index (χ1) is 6.11. The fourth-order valence-corrected chi connectivity index (χ4v) is 2.80. The molecule has 1 aromatic rings. The number of ether oxygens (including phenoxy) is 1. The van der Waals surface area contributed by atoms with E-state index in [4.69, 9.17) is 16.3 Å². The van der Waals surface area contributed by atoms with Gasteiger partial charge in [0, 0.05) is 16.1 Å². The van der Waals surface area contributed by atoms with E-state index < -0.39 is 0 Å². The Balaban J connectivity index is 3.37. The summed E-state index contributed by atoms with van der Waals surface area (Å²) in [6.45, 7) is 4.18. The van der Waals surface area contributed by atoms with E-state index in [0.29, 0.717) is 5.88 Å². The minimum Gasteiger partial charge on any atom is -0.497 e. The van der Waals surface area contributed by atoms with Gasteiger partial charge < -0.3 is 4.74 Å². The summed E-state index contributed by atoms with van der Waals surface area (Å²) in [7, 11) is 2.73. The average molecular weight is 215 g/mol. The molecule has 0 heterocycles. The second kappa shape index (κ2) is 4.16. The first kappa shape index (κ1) is 10.6. The zero-order valence-corrected chi connectivity index (χ0v) is 11.3. The predicted molar refractivity (Wildman–Crippen MR) is 61.6 cm³/mol. The normalized spacial score (nSPS) is 10.5. The molecule has 0 spiro atoms. The van der Waals surface area contributed by atoms with Crippen LogP contribution in [-0.4, -0.2) is 17.4 Å². The second-order valence-corrected chi connectivity index (χ2v) is 4.61. The molecule has 0 aliphatic rings. The van der Waals surface area contributed by atoms with Crippen LogP contribution in [-0.2, 0) is 5.88 Å². The van der Waals surface area contributed by atoms with Gasteiger partial charge in [0.25, 0.3) is 0 Å². The van der Waals surface area contributed by atoms with E-state index in [1.165, 1.54) is 21.9 Å². The van der Waals surface area contributed by atoms with Gasteiger partial charge in [-0.25, -0.2) is 0 Å². The molecule has 0 unspecified atom stereocenters. The third-order valence-electron chi connectivity index (χ3n) is 2.48. The van der Waals surface area contributed by atoms with Crippen molar-refractivity contribution in [2.45, 2.75) is 19.7 Å². The molecule has 72 valence electrons. The van der Waals surface area contributed by atoms with Gasteiger partial charge in [0.1, 0.15) is 5.75 Å². The summed E-state index contributed by atoms with van der Waals surface area (Å²) in [6, 6.07) is 2.15. The van der Waals surface area contributed by atoms with E-state index in [1.54, 1.807) is 7.11 Å². The number of alkyl halides is 1. The molecule has 1 nitrogen and oxygen atoms in total. The van der Waals surface area contributed by atoms with Gasteiger partial charge in [-0.15, -0.1) is 11.6 Å². The van der Waals surface area contributed by atoms with E-state index >= 15 is 0 Å². The molecular formula is C10H15ClOSi. The van der Waals surface area contributed by atoms with Crippen LogP contribution in [0.5, 0.6) is 5.75 Å². The quantitative estimate of drug-likeness (QED) is 0.528. The van der Waals surface area contributed by atoms with Crippen LogP contribution in [0.1, 0.15) is 16.7 Å². The summed E-state index contributed by atoms with van der Waals surface area (Å²) < 4.78 is 5.35. The Hall–Kier alpha value is -0.473. The molecular weight excluding hydrogens is 200 g/mol. The monoisotopic (exact) mass is 214 g/mol. The summed E-state index contributed by atoms with van der Waals surface area (Å²) in [5.41, 5.74) is 3.71.